The molecule has 2 atom stereocenters. The van der Waals surface area contributed by atoms with Gasteiger partial charge in [-0.15, -0.1) is 0 Å². The van der Waals surface area contributed by atoms with Crippen molar-refractivity contribution in [3.05, 3.63) is 0 Å². The minimum atomic E-state index is -1.05. The summed E-state index contributed by atoms with van der Waals surface area (Å²) >= 11 is 0. The van der Waals surface area contributed by atoms with Crippen LogP contribution < -0.4 is 5.32 Å². The number of hydrogen-bond donors (Lipinski definition) is 3. The molecule has 5 heteroatoms. The van der Waals surface area contributed by atoms with E-state index in [9.17, 15) is 14.7 Å². The normalized spacial score (nSPS) is 24.6. The Kier molecular flexibility index (Phi) is 5.14. The highest BCUT2D eigenvalue weighted by Crippen LogP contribution is 2.25. The van der Waals surface area contributed by atoms with Crippen molar-refractivity contribution in [2.24, 2.45) is 11.3 Å². The molecule has 1 aliphatic rings. The Labute approximate surface area is 108 Å². The third kappa shape index (κ3) is 3.98. The first-order valence-electron chi connectivity index (χ1n) is 6.50. The topological polar surface area (TPSA) is 86.6 Å². The van der Waals surface area contributed by atoms with Crippen LogP contribution >= 0.6 is 0 Å². The number of carbonyl (C=O) groups excluding carboxylic acids is 1. The Morgan fingerprint density at radius 3 is 2.44 bits per heavy atom. The molecule has 5 nitrogen and oxygen atoms in total. The maximum Gasteiger partial charge on any atom is 0.309 e. The number of aliphatic carboxylic acids is 1. The van der Waals surface area contributed by atoms with Crippen LogP contribution in [0.3, 0.4) is 0 Å². The predicted octanol–water partition coefficient (Wildman–Crippen LogP) is 1.15. The summed E-state index contributed by atoms with van der Waals surface area (Å²) in [6.45, 7) is 3.16. The molecule has 1 fully saturated rings. The van der Waals surface area contributed by atoms with Gasteiger partial charge in [0.15, 0.2) is 0 Å². The Bertz CT molecular complexity index is 314. The molecule has 0 aliphatic heterocycles. The molecule has 0 aromatic carbocycles. The third-order valence-corrected chi connectivity index (χ3v) is 3.67. The molecule has 0 spiro atoms. The fourth-order valence-electron chi connectivity index (χ4n) is 2.35. The number of carboxylic acids is 1. The second-order valence-electron chi connectivity index (χ2n) is 5.77. The molecule has 1 saturated carbocycles. The quantitative estimate of drug-likeness (QED) is 0.689. The van der Waals surface area contributed by atoms with Gasteiger partial charge in [-0.25, -0.2) is 0 Å². The van der Waals surface area contributed by atoms with Gasteiger partial charge in [-0.3, -0.25) is 9.59 Å². The lowest BCUT2D eigenvalue weighted by Crippen LogP contribution is -2.45. The fourth-order valence-corrected chi connectivity index (χ4v) is 2.35. The highest BCUT2D eigenvalue weighted by atomic mass is 16.4. The largest absolute Gasteiger partial charge is 0.481 e. The predicted molar refractivity (Wildman–Crippen MR) is 67.0 cm³/mol. The van der Waals surface area contributed by atoms with Gasteiger partial charge in [0, 0.05) is 25.0 Å². The van der Waals surface area contributed by atoms with Crippen LogP contribution in [0, 0.1) is 11.3 Å². The van der Waals surface area contributed by atoms with Gasteiger partial charge in [-0.1, -0.05) is 12.8 Å². The van der Waals surface area contributed by atoms with E-state index in [1.54, 1.807) is 13.8 Å². The number of carbonyl (C=O) groups is 2. The SMILES string of the molecule is CC(C)(CC(=O)NC1CCCCC1CO)C(=O)O. The van der Waals surface area contributed by atoms with E-state index in [0.717, 1.165) is 25.7 Å². The third-order valence-electron chi connectivity index (χ3n) is 3.67. The van der Waals surface area contributed by atoms with E-state index in [1.165, 1.54) is 0 Å². The molecule has 1 aliphatic carbocycles. The number of hydrogen-bond acceptors (Lipinski definition) is 3. The van der Waals surface area contributed by atoms with E-state index in [-0.39, 0.29) is 30.9 Å². The van der Waals surface area contributed by atoms with E-state index >= 15 is 0 Å². The van der Waals surface area contributed by atoms with Gasteiger partial charge in [0.05, 0.1) is 5.41 Å². The molecule has 3 N–H and O–H groups in total. The van der Waals surface area contributed by atoms with Crippen LogP contribution in [0.15, 0.2) is 0 Å². The lowest BCUT2D eigenvalue weighted by atomic mass is 9.84. The second-order valence-corrected chi connectivity index (χ2v) is 5.77. The number of amides is 1. The Hall–Kier alpha value is -1.10. The zero-order valence-electron chi connectivity index (χ0n) is 11.1. The average Bonchev–Trinajstić information content (AvgIpc) is 2.28. The van der Waals surface area contributed by atoms with Crippen molar-refractivity contribution in [3.63, 3.8) is 0 Å². The van der Waals surface area contributed by atoms with Crippen LogP contribution in [0.25, 0.3) is 0 Å². The van der Waals surface area contributed by atoms with Gasteiger partial charge in [-0.2, -0.15) is 0 Å². The van der Waals surface area contributed by atoms with Crippen molar-refractivity contribution >= 4 is 11.9 Å². The summed E-state index contributed by atoms with van der Waals surface area (Å²) in [6.07, 6.45) is 3.88. The van der Waals surface area contributed by atoms with Crippen LogP contribution in [0.2, 0.25) is 0 Å². The maximum absolute atomic E-state index is 11.8. The zero-order chi connectivity index (χ0) is 13.8. The molecule has 0 aromatic heterocycles. The Morgan fingerprint density at radius 1 is 1.28 bits per heavy atom. The highest BCUT2D eigenvalue weighted by Gasteiger charge is 2.32. The summed E-state index contributed by atoms with van der Waals surface area (Å²) in [7, 11) is 0. The first kappa shape index (κ1) is 15.0. The number of carboxylic acid groups (broad SMARTS) is 1. The molecule has 1 amide bonds. The van der Waals surface area contributed by atoms with Crippen molar-refractivity contribution in [2.75, 3.05) is 6.61 Å². The summed E-state index contributed by atoms with van der Waals surface area (Å²) in [6, 6.07) is -0.0131. The van der Waals surface area contributed by atoms with E-state index in [1.807, 2.05) is 0 Å². The smallest absolute Gasteiger partial charge is 0.309 e. The molecule has 104 valence electrons. The number of nitrogens with one attached hydrogen (secondary N) is 1. The number of rotatable bonds is 5. The van der Waals surface area contributed by atoms with Crippen molar-refractivity contribution in [2.45, 2.75) is 52.0 Å². The Balaban J connectivity index is 2.51. The van der Waals surface area contributed by atoms with Crippen molar-refractivity contribution in [3.8, 4) is 0 Å². The van der Waals surface area contributed by atoms with Crippen LogP contribution in [-0.2, 0) is 9.59 Å². The fraction of sp³-hybridized carbons (Fsp3) is 0.846. The highest BCUT2D eigenvalue weighted by molar-refractivity contribution is 5.84. The first-order valence-corrected chi connectivity index (χ1v) is 6.50. The van der Waals surface area contributed by atoms with Crippen LogP contribution in [0.1, 0.15) is 46.0 Å². The lowest BCUT2D eigenvalue weighted by molar-refractivity contribution is -0.149. The first-order chi connectivity index (χ1) is 8.36. The number of aliphatic hydroxyl groups excluding tert-OH is 1. The van der Waals surface area contributed by atoms with E-state index in [0.29, 0.717) is 0 Å². The van der Waals surface area contributed by atoms with Gasteiger partial charge in [0.25, 0.3) is 0 Å². The zero-order valence-corrected chi connectivity index (χ0v) is 11.1. The van der Waals surface area contributed by atoms with Gasteiger partial charge >= 0.3 is 5.97 Å². The lowest BCUT2D eigenvalue weighted by Gasteiger charge is -2.31. The van der Waals surface area contributed by atoms with Gasteiger partial charge < -0.3 is 15.5 Å². The van der Waals surface area contributed by atoms with E-state index in [4.69, 9.17) is 5.11 Å². The minimum Gasteiger partial charge on any atom is -0.481 e. The molecule has 2 unspecified atom stereocenters. The molecule has 18 heavy (non-hydrogen) atoms. The standard InChI is InChI=1S/C13H23NO4/c1-13(2,12(17)18)7-11(16)14-10-6-4-3-5-9(10)8-15/h9-10,15H,3-8H2,1-2H3,(H,14,16)(H,17,18). The van der Waals surface area contributed by atoms with Gasteiger partial charge in [-0.05, 0) is 26.7 Å². The average molecular weight is 257 g/mol. The van der Waals surface area contributed by atoms with Crippen molar-refractivity contribution in [1.82, 2.24) is 5.32 Å². The van der Waals surface area contributed by atoms with Gasteiger partial charge in [0.2, 0.25) is 5.91 Å². The molecular weight excluding hydrogens is 234 g/mol. The molecule has 0 saturated heterocycles. The number of aliphatic hydroxyl groups is 1. The molecule has 0 aromatic rings. The summed E-state index contributed by atoms with van der Waals surface area (Å²) in [5, 5.41) is 21.1. The second kappa shape index (κ2) is 6.18. The van der Waals surface area contributed by atoms with Gasteiger partial charge in [0.1, 0.15) is 0 Å². The molecular formula is C13H23NO4. The summed E-state index contributed by atoms with van der Waals surface area (Å²) in [5.74, 6) is -1.11. The summed E-state index contributed by atoms with van der Waals surface area (Å²) in [5.41, 5.74) is -1.05. The van der Waals surface area contributed by atoms with E-state index < -0.39 is 11.4 Å². The van der Waals surface area contributed by atoms with Crippen LogP contribution in [0.4, 0.5) is 0 Å². The van der Waals surface area contributed by atoms with Crippen LogP contribution in [0.5, 0.6) is 0 Å². The molecule has 0 radical (unpaired) electrons. The van der Waals surface area contributed by atoms with E-state index in [2.05, 4.69) is 5.32 Å². The molecule has 0 heterocycles. The molecule has 1 rings (SSSR count). The Morgan fingerprint density at radius 2 is 1.89 bits per heavy atom. The minimum absolute atomic E-state index is 0.0131. The molecule has 0 bridgehead atoms. The monoisotopic (exact) mass is 257 g/mol. The van der Waals surface area contributed by atoms with Crippen molar-refractivity contribution in [1.29, 1.82) is 0 Å². The summed E-state index contributed by atoms with van der Waals surface area (Å²) in [4.78, 5) is 22.8. The maximum atomic E-state index is 11.8. The van der Waals surface area contributed by atoms with Crippen LogP contribution in [-0.4, -0.2) is 34.7 Å². The summed E-state index contributed by atoms with van der Waals surface area (Å²) < 4.78 is 0. The van der Waals surface area contributed by atoms with Crippen molar-refractivity contribution < 1.29 is 19.8 Å².